The molecule has 15 heavy (non-hydrogen) atoms. The van der Waals surface area contributed by atoms with E-state index in [2.05, 4.69) is 29.6 Å². The quantitative estimate of drug-likeness (QED) is 0.814. The Hall–Kier alpha value is -0.580. The first-order valence-electron chi connectivity index (χ1n) is 4.51. The monoisotopic (exact) mass is 254 g/mol. The van der Waals surface area contributed by atoms with Gasteiger partial charge in [0.05, 0.1) is 0 Å². The van der Waals surface area contributed by atoms with E-state index < -0.39 is 0 Å². The summed E-state index contributed by atoms with van der Waals surface area (Å²) >= 11 is 4.89. The van der Waals surface area contributed by atoms with E-state index in [1.54, 1.807) is 29.6 Å². The van der Waals surface area contributed by atoms with Gasteiger partial charge < -0.3 is 0 Å². The zero-order valence-electron chi connectivity index (χ0n) is 8.23. The van der Waals surface area contributed by atoms with Gasteiger partial charge >= 0.3 is 0 Å². The molecule has 0 aliphatic carbocycles. The molecule has 0 amide bonds. The van der Waals surface area contributed by atoms with Gasteiger partial charge in [-0.15, -0.1) is 22.7 Å². The highest BCUT2D eigenvalue weighted by molar-refractivity contribution is 8.12. The summed E-state index contributed by atoms with van der Waals surface area (Å²) in [6.45, 7) is 1.61. The molecule has 0 spiro atoms. The van der Waals surface area contributed by atoms with Gasteiger partial charge in [0.25, 0.3) is 0 Å². The molecule has 2 aromatic heterocycles. The summed E-state index contributed by atoms with van der Waals surface area (Å²) < 4.78 is 0. The van der Waals surface area contributed by atoms with Crippen molar-refractivity contribution in [3.05, 3.63) is 34.5 Å². The minimum atomic E-state index is 0.182. The third-order valence-corrected chi connectivity index (χ3v) is 5.04. The van der Waals surface area contributed by atoms with E-state index in [9.17, 15) is 4.79 Å². The number of rotatable bonds is 3. The molecule has 0 fully saturated rings. The smallest absolute Gasteiger partial charge is 0.186 e. The van der Waals surface area contributed by atoms with E-state index in [0.29, 0.717) is 0 Å². The normalized spacial score (nSPS) is 10.5. The first-order valence-corrected chi connectivity index (χ1v) is 7.20. The first kappa shape index (κ1) is 10.9. The van der Waals surface area contributed by atoms with Gasteiger partial charge in [0.15, 0.2) is 5.12 Å². The van der Waals surface area contributed by atoms with Crippen molar-refractivity contribution in [3.63, 3.8) is 0 Å². The molecule has 0 bridgehead atoms. The number of thiophene rings is 2. The Morgan fingerprint density at radius 3 is 2.87 bits per heavy atom. The molecule has 2 heterocycles. The van der Waals surface area contributed by atoms with Crippen molar-refractivity contribution < 1.29 is 4.79 Å². The topological polar surface area (TPSA) is 17.1 Å². The van der Waals surface area contributed by atoms with E-state index in [1.165, 1.54) is 26.4 Å². The molecule has 1 nitrogen and oxygen atoms in total. The summed E-state index contributed by atoms with van der Waals surface area (Å²) in [5.74, 6) is 0.797. The Morgan fingerprint density at radius 1 is 1.33 bits per heavy atom. The molecule has 78 valence electrons. The Bertz CT molecular complexity index is 442. The maximum absolute atomic E-state index is 10.8. The van der Waals surface area contributed by atoms with Gasteiger partial charge in [0.2, 0.25) is 0 Å². The van der Waals surface area contributed by atoms with E-state index in [0.717, 1.165) is 5.75 Å². The fourth-order valence-corrected chi connectivity index (χ4v) is 3.67. The van der Waals surface area contributed by atoms with E-state index in [4.69, 9.17) is 0 Å². The maximum atomic E-state index is 10.8. The average molecular weight is 254 g/mol. The third kappa shape index (κ3) is 2.93. The van der Waals surface area contributed by atoms with Gasteiger partial charge in [-0.1, -0.05) is 17.8 Å². The van der Waals surface area contributed by atoms with Crippen LogP contribution >= 0.6 is 34.4 Å². The molecule has 0 saturated carbocycles. The van der Waals surface area contributed by atoms with Crippen molar-refractivity contribution in [3.8, 4) is 9.75 Å². The minimum absolute atomic E-state index is 0.182. The van der Waals surface area contributed by atoms with Crippen LogP contribution in [0.3, 0.4) is 0 Å². The Balaban J connectivity index is 2.08. The van der Waals surface area contributed by atoms with Crippen LogP contribution in [0.1, 0.15) is 11.8 Å². The molecule has 0 saturated heterocycles. The number of carbonyl (C=O) groups excluding carboxylic acids is 1. The van der Waals surface area contributed by atoms with Gasteiger partial charge in [-0.25, -0.2) is 0 Å². The molecule has 0 unspecified atom stereocenters. The predicted molar refractivity (Wildman–Crippen MR) is 69.6 cm³/mol. The van der Waals surface area contributed by atoms with Gasteiger partial charge in [0.1, 0.15) is 0 Å². The van der Waals surface area contributed by atoms with Crippen LogP contribution in [0.5, 0.6) is 0 Å². The van der Waals surface area contributed by atoms with Crippen LogP contribution in [0, 0.1) is 0 Å². The van der Waals surface area contributed by atoms with E-state index >= 15 is 0 Å². The predicted octanol–water partition coefficient (Wildman–Crippen LogP) is 4.26. The number of hydrogen-bond acceptors (Lipinski definition) is 4. The molecule has 2 rings (SSSR count). The van der Waals surface area contributed by atoms with Gasteiger partial charge in [0, 0.05) is 27.3 Å². The molecule has 0 radical (unpaired) electrons. The molecular formula is C11H10OS3. The van der Waals surface area contributed by atoms with Gasteiger partial charge in [-0.2, -0.15) is 0 Å². The van der Waals surface area contributed by atoms with Crippen LogP contribution in [0.25, 0.3) is 9.75 Å². The second kappa shape index (κ2) is 4.96. The van der Waals surface area contributed by atoms with Gasteiger partial charge in [-0.05, 0) is 23.6 Å². The molecule has 0 aliphatic rings. The second-order valence-corrected chi connectivity index (χ2v) is 6.29. The highest BCUT2D eigenvalue weighted by Crippen LogP contribution is 2.32. The van der Waals surface area contributed by atoms with Crippen LogP contribution < -0.4 is 0 Å². The largest absolute Gasteiger partial charge is 0.288 e. The van der Waals surface area contributed by atoms with E-state index in [-0.39, 0.29) is 5.12 Å². The van der Waals surface area contributed by atoms with Crippen LogP contribution in [-0.4, -0.2) is 5.12 Å². The van der Waals surface area contributed by atoms with Crippen LogP contribution in [0.2, 0.25) is 0 Å². The van der Waals surface area contributed by atoms with Crippen molar-refractivity contribution in [1.82, 2.24) is 0 Å². The minimum Gasteiger partial charge on any atom is -0.288 e. The molecular weight excluding hydrogens is 244 g/mol. The zero-order valence-corrected chi connectivity index (χ0v) is 10.7. The summed E-state index contributed by atoms with van der Waals surface area (Å²) in [6, 6.07) is 8.42. The fraction of sp³-hybridized carbons (Fsp3) is 0.182. The van der Waals surface area contributed by atoms with Crippen molar-refractivity contribution in [2.24, 2.45) is 0 Å². The van der Waals surface area contributed by atoms with Crippen molar-refractivity contribution in [2.45, 2.75) is 12.7 Å². The first-order chi connectivity index (χ1) is 7.25. The summed E-state index contributed by atoms with van der Waals surface area (Å²) in [6.07, 6.45) is 0. The summed E-state index contributed by atoms with van der Waals surface area (Å²) in [5.41, 5.74) is 0. The molecule has 0 N–H and O–H groups in total. The van der Waals surface area contributed by atoms with E-state index in [1.807, 2.05) is 0 Å². The standard InChI is InChI=1S/C11H10OS3/c1-8(12)14-7-9-4-5-11(15-9)10-3-2-6-13-10/h2-6H,7H2,1H3. The summed E-state index contributed by atoms with van der Waals surface area (Å²) in [4.78, 5) is 14.7. The summed E-state index contributed by atoms with van der Waals surface area (Å²) in [7, 11) is 0. The van der Waals surface area contributed by atoms with Crippen molar-refractivity contribution >= 4 is 39.6 Å². The highest BCUT2D eigenvalue weighted by Gasteiger charge is 2.04. The highest BCUT2D eigenvalue weighted by atomic mass is 32.2. The Kier molecular flexibility index (Phi) is 3.61. The lowest BCUT2D eigenvalue weighted by molar-refractivity contribution is -0.109. The van der Waals surface area contributed by atoms with Crippen LogP contribution in [0.15, 0.2) is 29.6 Å². The third-order valence-electron chi connectivity index (χ3n) is 1.84. The molecule has 4 heteroatoms. The molecule has 0 aliphatic heterocycles. The molecule has 2 aromatic rings. The lowest BCUT2D eigenvalue weighted by Gasteiger charge is -1.92. The Labute approximate surface area is 101 Å². The lowest BCUT2D eigenvalue weighted by atomic mass is 10.4. The number of hydrogen-bond donors (Lipinski definition) is 0. The van der Waals surface area contributed by atoms with Crippen LogP contribution in [-0.2, 0) is 10.5 Å². The number of carbonyl (C=O) groups is 1. The second-order valence-electron chi connectivity index (χ2n) is 3.02. The lowest BCUT2D eigenvalue weighted by Crippen LogP contribution is -1.81. The Morgan fingerprint density at radius 2 is 2.20 bits per heavy atom. The van der Waals surface area contributed by atoms with Crippen molar-refractivity contribution in [2.75, 3.05) is 0 Å². The van der Waals surface area contributed by atoms with Gasteiger partial charge in [-0.3, -0.25) is 4.79 Å². The fourth-order valence-electron chi connectivity index (χ4n) is 1.18. The van der Waals surface area contributed by atoms with Crippen molar-refractivity contribution in [1.29, 1.82) is 0 Å². The summed E-state index contributed by atoms with van der Waals surface area (Å²) in [5, 5.41) is 2.26. The molecule has 0 aromatic carbocycles. The SMILES string of the molecule is CC(=O)SCc1ccc(-c2cccs2)s1. The number of thioether (sulfide) groups is 1. The average Bonchev–Trinajstić information content (AvgIpc) is 2.85. The maximum Gasteiger partial charge on any atom is 0.186 e. The van der Waals surface area contributed by atoms with Crippen LogP contribution in [0.4, 0.5) is 0 Å². The molecule has 0 atom stereocenters. The zero-order chi connectivity index (χ0) is 10.7.